The summed E-state index contributed by atoms with van der Waals surface area (Å²) in [5.74, 6) is 1.17. The summed E-state index contributed by atoms with van der Waals surface area (Å²) in [6.45, 7) is 8.91. The molecule has 0 saturated heterocycles. The van der Waals surface area contributed by atoms with Gasteiger partial charge < -0.3 is 14.6 Å². The van der Waals surface area contributed by atoms with E-state index >= 15 is 0 Å². The normalized spacial score (nSPS) is 12.6. The summed E-state index contributed by atoms with van der Waals surface area (Å²) < 4.78 is 1.93. The molecule has 0 radical (unpaired) electrons. The Bertz CT molecular complexity index is 648. The Morgan fingerprint density at radius 2 is 2.13 bits per heavy atom. The molecule has 0 bridgehead atoms. The molecule has 0 aliphatic carbocycles. The van der Waals surface area contributed by atoms with Crippen molar-refractivity contribution < 1.29 is 9.90 Å². The van der Waals surface area contributed by atoms with E-state index in [4.69, 9.17) is 0 Å². The molecular weight excluding hydrogens is 310 g/mol. The number of amides is 1. The van der Waals surface area contributed by atoms with Gasteiger partial charge in [0.15, 0.2) is 0 Å². The summed E-state index contributed by atoms with van der Waals surface area (Å²) in [5.41, 5.74) is 0. The summed E-state index contributed by atoms with van der Waals surface area (Å²) >= 11 is 1.68. The number of rotatable bonds is 7. The van der Waals surface area contributed by atoms with Crippen molar-refractivity contribution >= 4 is 17.2 Å². The molecule has 0 aliphatic rings. The summed E-state index contributed by atoms with van der Waals surface area (Å²) in [6, 6.07) is 3.76. The number of hydrogen-bond donors (Lipinski definition) is 1. The predicted octanol–water partition coefficient (Wildman–Crippen LogP) is 2.96. The van der Waals surface area contributed by atoms with Crippen LogP contribution in [0, 0.1) is 6.92 Å². The average Bonchev–Trinajstić information content (AvgIpc) is 3.14. The molecule has 1 N–H and O–H groups in total. The molecule has 0 aliphatic heterocycles. The van der Waals surface area contributed by atoms with Crippen LogP contribution in [0.4, 0.5) is 0 Å². The molecular formula is C17H25N3O2S. The Labute approximate surface area is 141 Å². The van der Waals surface area contributed by atoms with Gasteiger partial charge in [-0.1, -0.05) is 13.8 Å². The fraction of sp³-hybridized carbons (Fsp3) is 0.529. The lowest BCUT2D eigenvalue weighted by atomic mass is 10.2. The lowest BCUT2D eigenvalue weighted by molar-refractivity contribution is -0.135. The highest BCUT2D eigenvalue weighted by Crippen LogP contribution is 2.22. The van der Waals surface area contributed by atoms with E-state index < -0.39 is 0 Å². The average molecular weight is 335 g/mol. The highest BCUT2D eigenvalue weighted by molar-refractivity contribution is 7.11. The molecule has 0 unspecified atom stereocenters. The SMILES string of the molecule is Cc1ccc(CN(CCO)C(=O)[C@H](C)n2ccnc2C(C)C)s1. The number of carbonyl (C=O) groups is 1. The molecule has 1 amide bonds. The van der Waals surface area contributed by atoms with E-state index in [9.17, 15) is 9.90 Å². The molecule has 6 heteroatoms. The zero-order valence-corrected chi connectivity index (χ0v) is 15.0. The summed E-state index contributed by atoms with van der Waals surface area (Å²) in [5, 5.41) is 9.31. The quantitative estimate of drug-likeness (QED) is 0.846. The number of imidazole rings is 1. The second-order valence-electron chi connectivity index (χ2n) is 6.02. The van der Waals surface area contributed by atoms with Crippen LogP contribution in [0.2, 0.25) is 0 Å². The summed E-state index contributed by atoms with van der Waals surface area (Å²) in [4.78, 5) is 21.3. The van der Waals surface area contributed by atoms with Crippen molar-refractivity contribution in [2.45, 2.75) is 46.2 Å². The van der Waals surface area contributed by atoms with Crippen molar-refractivity contribution in [1.82, 2.24) is 14.5 Å². The minimum Gasteiger partial charge on any atom is -0.395 e. The summed E-state index contributed by atoms with van der Waals surface area (Å²) in [7, 11) is 0. The van der Waals surface area contributed by atoms with Crippen LogP contribution in [0.5, 0.6) is 0 Å². The zero-order chi connectivity index (χ0) is 17.0. The molecule has 1 atom stereocenters. The lowest BCUT2D eigenvalue weighted by Crippen LogP contribution is -2.37. The number of nitrogens with zero attached hydrogens (tertiary/aromatic N) is 3. The maximum absolute atomic E-state index is 12.9. The van der Waals surface area contributed by atoms with Gasteiger partial charge in [-0.2, -0.15) is 0 Å². The first-order valence-corrected chi connectivity index (χ1v) is 8.73. The number of aryl methyl sites for hydroxylation is 1. The maximum atomic E-state index is 12.9. The first kappa shape index (κ1) is 17.7. The van der Waals surface area contributed by atoms with Crippen molar-refractivity contribution in [3.63, 3.8) is 0 Å². The largest absolute Gasteiger partial charge is 0.395 e. The number of aliphatic hydroxyl groups excluding tert-OH is 1. The van der Waals surface area contributed by atoms with Crippen LogP contribution in [0.3, 0.4) is 0 Å². The molecule has 0 fully saturated rings. The van der Waals surface area contributed by atoms with Crippen molar-refractivity contribution in [1.29, 1.82) is 0 Å². The third-order valence-corrected chi connectivity index (χ3v) is 4.80. The van der Waals surface area contributed by atoms with Gasteiger partial charge >= 0.3 is 0 Å². The Morgan fingerprint density at radius 1 is 1.39 bits per heavy atom. The Hall–Kier alpha value is -1.66. The third kappa shape index (κ3) is 4.20. The van der Waals surface area contributed by atoms with Gasteiger partial charge in [0.2, 0.25) is 5.91 Å². The number of thiophene rings is 1. The number of carbonyl (C=O) groups excluding carboxylic acids is 1. The highest BCUT2D eigenvalue weighted by atomic mass is 32.1. The van der Waals surface area contributed by atoms with Crippen LogP contribution in [0.1, 0.15) is 48.3 Å². The number of aliphatic hydroxyl groups is 1. The lowest BCUT2D eigenvalue weighted by Gasteiger charge is -2.26. The van der Waals surface area contributed by atoms with Gasteiger partial charge in [0.25, 0.3) is 0 Å². The van der Waals surface area contributed by atoms with Gasteiger partial charge in [0.05, 0.1) is 13.2 Å². The van der Waals surface area contributed by atoms with E-state index in [0.717, 1.165) is 10.7 Å². The van der Waals surface area contributed by atoms with E-state index in [1.807, 2.05) is 23.8 Å². The second-order valence-corrected chi connectivity index (χ2v) is 7.39. The first-order valence-electron chi connectivity index (χ1n) is 7.91. The van der Waals surface area contributed by atoms with Crippen LogP contribution in [-0.2, 0) is 11.3 Å². The topological polar surface area (TPSA) is 58.4 Å². The van der Waals surface area contributed by atoms with Crippen LogP contribution in [-0.4, -0.2) is 38.6 Å². The van der Waals surface area contributed by atoms with Gasteiger partial charge in [-0.15, -0.1) is 11.3 Å². The van der Waals surface area contributed by atoms with Gasteiger partial charge in [-0.05, 0) is 26.0 Å². The standard InChI is InChI=1S/C17H25N3O2S/c1-12(2)16-18-7-8-20(16)14(4)17(22)19(9-10-21)11-15-6-5-13(3)23-15/h5-8,12,14,21H,9-11H2,1-4H3/t14-/m0/s1. The predicted molar refractivity (Wildman–Crippen MR) is 92.6 cm³/mol. The van der Waals surface area contributed by atoms with Gasteiger partial charge in [-0.25, -0.2) is 4.98 Å². The molecule has 2 rings (SSSR count). The molecule has 23 heavy (non-hydrogen) atoms. The molecule has 2 heterocycles. The number of aromatic nitrogens is 2. The highest BCUT2D eigenvalue weighted by Gasteiger charge is 2.24. The van der Waals surface area contributed by atoms with E-state index in [1.165, 1.54) is 4.88 Å². The van der Waals surface area contributed by atoms with Crippen molar-refractivity contribution in [2.75, 3.05) is 13.2 Å². The van der Waals surface area contributed by atoms with Crippen LogP contribution in [0.25, 0.3) is 0 Å². The molecule has 2 aromatic rings. The molecule has 126 valence electrons. The van der Waals surface area contributed by atoms with Crippen LogP contribution < -0.4 is 0 Å². The first-order chi connectivity index (χ1) is 10.9. The molecule has 2 aromatic heterocycles. The zero-order valence-electron chi connectivity index (χ0n) is 14.2. The van der Waals surface area contributed by atoms with Crippen molar-refractivity contribution in [2.24, 2.45) is 0 Å². The maximum Gasteiger partial charge on any atom is 0.245 e. The monoisotopic (exact) mass is 335 g/mol. The van der Waals surface area contributed by atoms with Gasteiger partial charge in [0.1, 0.15) is 11.9 Å². The minimum atomic E-state index is -0.331. The minimum absolute atomic E-state index is 0.00463. The smallest absolute Gasteiger partial charge is 0.245 e. The van der Waals surface area contributed by atoms with E-state index in [1.54, 1.807) is 22.4 Å². The van der Waals surface area contributed by atoms with E-state index in [-0.39, 0.29) is 24.5 Å². The molecule has 0 spiro atoms. The Morgan fingerprint density at radius 3 is 2.70 bits per heavy atom. The molecule has 5 nitrogen and oxygen atoms in total. The van der Waals surface area contributed by atoms with Gasteiger partial charge in [0, 0.05) is 34.6 Å². The molecule has 0 saturated carbocycles. The van der Waals surface area contributed by atoms with Crippen LogP contribution >= 0.6 is 11.3 Å². The van der Waals surface area contributed by atoms with Crippen LogP contribution in [0.15, 0.2) is 24.5 Å². The van der Waals surface area contributed by atoms with E-state index in [0.29, 0.717) is 13.1 Å². The fourth-order valence-corrected chi connectivity index (χ4v) is 3.53. The Kier molecular flexibility index (Phi) is 5.96. The van der Waals surface area contributed by atoms with Crippen molar-refractivity contribution in [3.8, 4) is 0 Å². The molecule has 0 aromatic carbocycles. The third-order valence-electron chi connectivity index (χ3n) is 3.81. The Balaban J connectivity index is 2.17. The van der Waals surface area contributed by atoms with E-state index in [2.05, 4.69) is 31.8 Å². The summed E-state index contributed by atoms with van der Waals surface area (Å²) in [6.07, 6.45) is 3.59. The second kappa shape index (κ2) is 7.75. The van der Waals surface area contributed by atoms with Gasteiger partial charge in [-0.3, -0.25) is 4.79 Å². The van der Waals surface area contributed by atoms with Crippen molar-refractivity contribution in [3.05, 3.63) is 40.1 Å². The fourth-order valence-electron chi connectivity index (χ4n) is 2.63. The number of hydrogen-bond acceptors (Lipinski definition) is 4.